The summed E-state index contributed by atoms with van der Waals surface area (Å²) in [6.45, 7) is 5.53. The molecule has 0 aliphatic carbocycles. The van der Waals surface area contributed by atoms with Gasteiger partial charge in [-0.3, -0.25) is 19.3 Å². The average molecular weight is 450 g/mol. The number of halogens is 1. The number of nitrogens with zero attached hydrogens (tertiary/aromatic N) is 2. The summed E-state index contributed by atoms with van der Waals surface area (Å²) in [6, 6.07) is 13.4. The molecule has 6 nitrogen and oxygen atoms in total. The number of amides is 3. The van der Waals surface area contributed by atoms with Crippen LogP contribution in [0.3, 0.4) is 0 Å². The Bertz CT molecular complexity index is 1150. The molecule has 3 amide bonds. The Morgan fingerprint density at radius 1 is 0.969 bits per heavy atom. The fourth-order valence-corrected chi connectivity index (χ4v) is 5.35. The van der Waals surface area contributed by atoms with Crippen LogP contribution in [0.5, 0.6) is 0 Å². The number of anilines is 2. The first-order valence-electron chi connectivity index (χ1n) is 10.7. The minimum atomic E-state index is -0.810. The summed E-state index contributed by atoms with van der Waals surface area (Å²) in [7, 11) is 0. The molecule has 164 valence electrons. The monoisotopic (exact) mass is 449 g/mol. The second-order valence-electron chi connectivity index (χ2n) is 9.49. The zero-order valence-electron chi connectivity index (χ0n) is 18.1. The van der Waals surface area contributed by atoms with Crippen molar-refractivity contribution < 1.29 is 14.4 Å². The first kappa shape index (κ1) is 20.8. The zero-order chi connectivity index (χ0) is 22.8. The third-order valence-electron chi connectivity index (χ3n) is 6.47. The van der Waals surface area contributed by atoms with Crippen LogP contribution in [-0.4, -0.2) is 40.2 Å². The molecule has 0 saturated carbocycles. The van der Waals surface area contributed by atoms with Gasteiger partial charge in [0, 0.05) is 21.9 Å². The van der Waals surface area contributed by atoms with Gasteiger partial charge in [-0.2, -0.15) is 0 Å². The molecule has 5 rings (SSSR count). The highest BCUT2D eigenvalue weighted by Crippen LogP contribution is 2.49. The van der Waals surface area contributed by atoms with Crippen molar-refractivity contribution in [1.82, 2.24) is 4.90 Å². The summed E-state index contributed by atoms with van der Waals surface area (Å²) in [5, 5.41) is 3.50. The maximum Gasteiger partial charge on any atom is 0.247 e. The lowest BCUT2D eigenvalue weighted by atomic mass is 9.88. The molecule has 0 bridgehead atoms. The molecule has 2 aromatic carbocycles. The molecule has 32 heavy (non-hydrogen) atoms. The number of benzene rings is 2. The molecule has 3 aliphatic heterocycles. The largest absolute Gasteiger partial charge is 0.351 e. The highest BCUT2D eigenvalue weighted by Gasteiger charge is 2.65. The Morgan fingerprint density at radius 2 is 1.62 bits per heavy atom. The van der Waals surface area contributed by atoms with Gasteiger partial charge in [0.1, 0.15) is 6.04 Å². The van der Waals surface area contributed by atoms with Crippen LogP contribution < -0.4 is 10.2 Å². The van der Waals surface area contributed by atoms with Crippen molar-refractivity contribution >= 4 is 46.8 Å². The third kappa shape index (κ3) is 3.05. The highest BCUT2D eigenvalue weighted by molar-refractivity contribution is 6.30. The van der Waals surface area contributed by atoms with Crippen molar-refractivity contribution in [2.24, 2.45) is 11.8 Å². The molecule has 2 saturated heterocycles. The number of carbonyl (C=O) groups is 3. The van der Waals surface area contributed by atoms with Crippen LogP contribution in [0.15, 0.2) is 54.6 Å². The van der Waals surface area contributed by atoms with E-state index in [9.17, 15) is 14.4 Å². The standard InChI is InChI=1S/C25H24ClN3O3/c1-25(2,3)29-23(31)19-18-13-8-14-6-4-5-7-17(14)28(18)21(20(19)24(29)32)22(30)27-16-11-9-15(26)10-12-16/h4-13,18-21H,1-3H3,(H,27,30)/t18-,19+,20-,21+/m1/s1. The Morgan fingerprint density at radius 3 is 2.31 bits per heavy atom. The van der Waals surface area contributed by atoms with Gasteiger partial charge in [0.25, 0.3) is 0 Å². The van der Waals surface area contributed by atoms with Crippen molar-refractivity contribution in [2.45, 2.75) is 38.4 Å². The van der Waals surface area contributed by atoms with Gasteiger partial charge in [-0.25, -0.2) is 0 Å². The number of carbonyl (C=O) groups excluding carboxylic acids is 3. The lowest BCUT2D eigenvalue weighted by molar-refractivity contribution is -0.146. The van der Waals surface area contributed by atoms with Crippen LogP contribution in [0.25, 0.3) is 6.08 Å². The molecule has 2 fully saturated rings. The fourth-order valence-electron chi connectivity index (χ4n) is 5.22. The van der Waals surface area contributed by atoms with Crippen LogP contribution in [0.4, 0.5) is 11.4 Å². The lowest BCUT2D eigenvalue weighted by Crippen LogP contribution is -2.53. The highest BCUT2D eigenvalue weighted by atomic mass is 35.5. The van der Waals surface area contributed by atoms with Gasteiger partial charge in [0.05, 0.1) is 17.9 Å². The first-order valence-corrected chi connectivity index (χ1v) is 11.1. The summed E-state index contributed by atoms with van der Waals surface area (Å²) in [4.78, 5) is 44.0. The van der Waals surface area contributed by atoms with E-state index in [1.807, 2.05) is 62.1 Å². The number of imide groups is 1. The molecule has 0 radical (unpaired) electrons. The van der Waals surface area contributed by atoms with Crippen molar-refractivity contribution in [1.29, 1.82) is 0 Å². The Labute approximate surface area is 191 Å². The van der Waals surface area contributed by atoms with Crippen molar-refractivity contribution in [3.63, 3.8) is 0 Å². The van der Waals surface area contributed by atoms with E-state index in [1.54, 1.807) is 24.3 Å². The molecule has 0 unspecified atom stereocenters. The molecule has 1 N–H and O–H groups in total. The van der Waals surface area contributed by atoms with Gasteiger partial charge in [-0.15, -0.1) is 0 Å². The normalized spacial score (nSPS) is 26.1. The number of likely N-dealkylation sites (tertiary alicyclic amines) is 1. The number of fused-ring (bicyclic) bond motifs is 5. The second kappa shape index (κ2) is 7.20. The number of para-hydroxylation sites is 1. The van der Waals surface area contributed by atoms with E-state index in [-0.39, 0.29) is 23.8 Å². The smallest absolute Gasteiger partial charge is 0.247 e. The molecule has 0 aromatic heterocycles. The summed E-state index contributed by atoms with van der Waals surface area (Å²) >= 11 is 5.97. The van der Waals surface area contributed by atoms with E-state index in [0.29, 0.717) is 10.7 Å². The molecular formula is C25H24ClN3O3. The average Bonchev–Trinajstić information content (AvgIpc) is 3.22. The van der Waals surface area contributed by atoms with Crippen LogP contribution in [-0.2, 0) is 14.4 Å². The molecule has 0 spiro atoms. The van der Waals surface area contributed by atoms with Crippen molar-refractivity contribution in [3.05, 3.63) is 65.2 Å². The SMILES string of the molecule is CC(C)(C)N1C(=O)[C@@H]2[C@@H](C1=O)[C@@H](C(=O)Nc1ccc(Cl)cc1)N1c3ccccc3C=C[C@H]21. The summed E-state index contributed by atoms with van der Waals surface area (Å²) in [6.07, 6.45) is 3.93. The topological polar surface area (TPSA) is 69.7 Å². The Balaban J connectivity index is 1.59. The predicted octanol–water partition coefficient (Wildman–Crippen LogP) is 3.96. The van der Waals surface area contributed by atoms with E-state index >= 15 is 0 Å². The minimum Gasteiger partial charge on any atom is -0.351 e. The molecule has 3 heterocycles. The molecule has 7 heteroatoms. The zero-order valence-corrected chi connectivity index (χ0v) is 18.8. The van der Waals surface area contributed by atoms with E-state index in [4.69, 9.17) is 11.6 Å². The van der Waals surface area contributed by atoms with Crippen molar-refractivity contribution in [3.8, 4) is 0 Å². The Hall–Kier alpha value is -3.12. The van der Waals surface area contributed by atoms with Crippen LogP contribution in [0.1, 0.15) is 26.3 Å². The number of nitrogens with one attached hydrogen (secondary N) is 1. The van der Waals surface area contributed by atoms with E-state index in [1.165, 1.54) is 4.90 Å². The van der Waals surface area contributed by atoms with E-state index in [0.717, 1.165) is 11.3 Å². The number of hydrogen-bond donors (Lipinski definition) is 1. The Kier molecular flexibility index (Phi) is 4.67. The number of rotatable bonds is 2. The summed E-state index contributed by atoms with van der Waals surface area (Å²) < 4.78 is 0. The van der Waals surface area contributed by atoms with E-state index in [2.05, 4.69) is 5.32 Å². The first-order chi connectivity index (χ1) is 15.2. The van der Waals surface area contributed by atoms with Crippen LogP contribution >= 0.6 is 11.6 Å². The van der Waals surface area contributed by atoms with Gasteiger partial charge < -0.3 is 10.2 Å². The lowest BCUT2D eigenvalue weighted by Gasteiger charge is -2.38. The fraction of sp³-hybridized carbons (Fsp3) is 0.320. The third-order valence-corrected chi connectivity index (χ3v) is 6.72. The van der Waals surface area contributed by atoms with E-state index < -0.39 is 23.4 Å². The maximum absolute atomic E-state index is 13.6. The van der Waals surface area contributed by atoms with Crippen molar-refractivity contribution in [2.75, 3.05) is 10.2 Å². The van der Waals surface area contributed by atoms with Crippen LogP contribution in [0.2, 0.25) is 5.02 Å². The molecule has 2 aromatic rings. The molecule has 3 aliphatic rings. The summed E-state index contributed by atoms with van der Waals surface area (Å²) in [5.74, 6) is -2.17. The minimum absolute atomic E-state index is 0.215. The second-order valence-corrected chi connectivity index (χ2v) is 9.93. The van der Waals surface area contributed by atoms with Gasteiger partial charge in [-0.05, 0) is 56.7 Å². The predicted molar refractivity (Wildman–Crippen MR) is 124 cm³/mol. The van der Waals surface area contributed by atoms with Crippen LogP contribution in [0, 0.1) is 11.8 Å². The van der Waals surface area contributed by atoms with Gasteiger partial charge in [0.15, 0.2) is 0 Å². The maximum atomic E-state index is 13.6. The quantitative estimate of drug-likeness (QED) is 0.704. The van der Waals surface area contributed by atoms with Gasteiger partial charge >= 0.3 is 0 Å². The molecule has 4 atom stereocenters. The van der Waals surface area contributed by atoms with Gasteiger partial charge in [-0.1, -0.05) is 42.0 Å². The molecular weight excluding hydrogens is 426 g/mol. The van der Waals surface area contributed by atoms with Gasteiger partial charge in [0.2, 0.25) is 17.7 Å². The summed E-state index contributed by atoms with van der Waals surface area (Å²) in [5.41, 5.74) is 1.75. The number of hydrogen-bond acceptors (Lipinski definition) is 4.